The lowest BCUT2D eigenvalue weighted by atomic mass is 10.1. The topological polar surface area (TPSA) is 61.7 Å². The molecule has 4 heteroatoms. The molecule has 4 nitrogen and oxygen atoms in total. The Kier molecular flexibility index (Phi) is 7.59. The fourth-order valence-electron chi connectivity index (χ4n) is 2.00. The minimum atomic E-state index is -0.558. The number of benzene rings is 1. The molecule has 3 unspecified atom stereocenters. The Morgan fingerprint density at radius 2 is 1.80 bits per heavy atom. The van der Waals surface area contributed by atoms with Crippen LogP contribution in [0.25, 0.3) is 0 Å². The molecule has 3 N–H and O–H groups in total. The molecular formula is C16H27NO3. The predicted molar refractivity (Wildman–Crippen MR) is 81.1 cm³/mol. The molecule has 0 fully saturated rings. The normalized spacial score (nSPS) is 15.7. The lowest BCUT2D eigenvalue weighted by molar-refractivity contribution is 0.100. The molecule has 3 atom stereocenters. The molecule has 0 heterocycles. The van der Waals surface area contributed by atoms with E-state index in [1.54, 1.807) is 6.92 Å². The van der Waals surface area contributed by atoms with Crippen LogP contribution < -0.4 is 10.1 Å². The number of aliphatic hydroxyl groups is 2. The quantitative estimate of drug-likeness (QED) is 0.645. The van der Waals surface area contributed by atoms with Crippen molar-refractivity contribution in [2.24, 2.45) is 0 Å². The van der Waals surface area contributed by atoms with E-state index in [2.05, 4.69) is 12.2 Å². The Morgan fingerprint density at radius 1 is 1.15 bits per heavy atom. The van der Waals surface area contributed by atoms with Gasteiger partial charge < -0.3 is 20.3 Å². The Morgan fingerprint density at radius 3 is 2.35 bits per heavy atom. The summed E-state index contributed by atoms with van der Waals surface area (Å²) in [4.78, 5) is 0. The largest absolute Gasteiger partial charge is 0.491 e. The van der Waals surface area contributed by atoms with Gasteiger partial charge in [0.1, 0.15) is 18.5 Å². The van der Waals surface area contributed by atoms with E-state index in [-0.39, 0.29) is 18.8 Å². The molecule has 0 saturated heterocycles. The van der Waals surface area contributed by atoms with Crippen molar-refractivity contribution in [2.75, 3.05) is 13.2 Å². The van der Waals surface area contributed by atoms with E-state index in [0.29, 0.717) is 13.0 Å². The molecule has 0 aliphatic carbocycles. The molecule has 1 aromatic rings. The Bertz CT molecular complexity index is 364. The second-order valence-electron chi connectivity index (χ2n) is 5.36. The van der Waals surface area contributed by atoms with Crippen LogP contribution in [-0.2, 0) is 6.42 Å². The van der Waals surface area contributed by atoms with Crippen molar-refractivity contribution < 1.29 is 14.9 Å². The lowest BCUT2D eigenvalue weighted by Crippen LogP contribution is -2.37. The number of hydrogen-bond acceptors (Lipinski definition) is 4. The van der Waals surface area contributed by atoms with Crippen molar-refractivity contribution in [3.63, 3.8) is 0 Å². The van der Waals surface area contributed by atoms with Crippen molar-refractivity contribution in [1.29, 1.82) is 0 Å². The third-order valence-corrected chi connectivity index (χ3v) is 3.17. The van der Waals surface area contributed by atoms with Gasteiger partial charge in [0.25, 0.3) is 0 Å². The maximum absolute atomic E-state index is 9.84. The van der Waals surface area contributed by atoms with E-state index in [4.69, 9.17) is 4.74 Å². The molecule has 0 spiro atoms. The van der Waals surface area contributed by atoms with Gasteiger partial charge in [-0.3, -0.25) is 0 Å². The van der Waals surface area contributed by atoms with Gasteiger partial charge in [-0.2, -0.15) is 0 Å². The Labute approximate surface area is 121 Å². The monoisotopic (exact) mass is 281 g/mol. The average Bonchev–Trinajstić information content (AvgIpc) is 2.42. The van der Waals surface area contributed by atoms with Crippen molar-refractivity contribution in [2.45, 2.75) is 51.9 Å². The molecule has 114 valence electrons. The van der Waals surface area contributed by atoms with Crippen molar-refractivity contribution >= 4 is 0 Å². The van der Waals surface area contributed by atoms with E-state index in [1.807, 2.05) is 31.2 Å². The summed E-state index contributed by atoms with van der Waals surface area (Å²) >= 11 is 0. The number of ether oxygens (including phenoxy) is 1. The molecule has 0 bridgehead atoms. The first-order valence-corrected chi connectivity index (χ1v) is 7.32. The molecular weight excluding hydrogens is 254 g/mol. The highest BCUT2D eigenvalue weighted by atomic mass is 16.5. The van der Waals surface area contributed by atoms with Crippen LogP contribution in [0.5, 0.6) is 5.75 Å². The summed E-state index contributed by atoms with van der Waals surface area (Å²) in [7, 11) is 0. The summed E-state index contributed by atoms with van der Waals surface area (Å²) in [6.07, 6.45) is 0.792. The van der Waals surface area contributed by atoms with Crippen LogP contribution in [-0.4, -0.2) is 41.6 Å². The molecule has 0 aromatic heterocycles. The second-order valence-corrected chi connectivity index (χ2v) is 5.36. The number of aliphatic hydroxyl groups excluding tert-OH is 2. The number of hydrogen-bond donors (Lipinski definition) is 3. The van der Waals surface area contributed by atoms with Gasteiger partial charge in [-0.05, 0) is 44.4 Å². The highest BCUT2D eigenvalue weighted by molar-refractivity contribution is 5.27. The van der Waals surface area contributed by atoms with E-state index in [1.165, 1.54) is 5.56 Å². The Balaban J connectivity index is 2.23. The number of rotatable bonds is 9. The summed E-state index contributed by atoms with van der Waals surface area (Å²) in [6, 6.07) is 8.09. The van der Waals surface area contributed by atoms with Gasteiger partial charge in [0.2, 0.25) is 0 Å². The molecule has 0 radical (unpaired) electrons. The summed E-state index contributed by atoms with van der Waals surface area (Å²) in [5.74, 6) is 0.776. The van der Waals surface area contributed by atoms with Crippen LogP contribution in [0.2, 0.25) is 0 Å². The zero-order valence-corrected chi connectivity index (χ0v) is 12.7. The smallest absolute Gasteiger partial charge is 0.119 e. The fraction of sp³-hybridized carbons (Fsp3) is 0.625. The van der Waals surface area contributed by atoms with E-state index in [9.17, 15) is 10.2 Å². The van der Waals surface area contributed by atoms with Gasteiger partial charge in [-0.25, -0.2) is 0 Å². The first kappa shape index (κ1) is 17.0. The molecule has 1 aromatic carbocycles. The maximum atomic E-state index is 9.84. The van der Waals surface area contributed by atoms with Crippen LogP contribution in [0.4, 0.5) is 0 Å². The van der Waals surface area contributed by atoms with Crippen molar-refractivity contribution in [3.05, 3.63) is 29.8 Å². The average molecular weight is 281 g/mol. The van der Waals surface area contributed by atoms with Crippen LogP contribution in [0.1, 0.15) is 32.8 Å². The second kappa shape index (κ2) is 8.95. The molecule has 1 rings (SSSR count). The van der Waals surface area contributed by atoms with Gasteiger partial charge >= 0.3 is 0 Å². The summed E-state index contributed by atoms with van der Waals surface area (Å²) in [5.41, 5.74) is 1.27. The molecule has 20 heavy (non-hydrogen) atoms. The van der Waals surface area contributed by atoms with Gasteiger partial charge in [0, 0.05) is 12.6 Å². The maximum Gasteiger partial charge on any atom is 0.119 e. The molecule has 0 aliphatic heterocycles. The number of nitrogens with one attached hydrogen (secondary N) is 1. The molecule has 0 aliphatic rings. The first-order valence-electron chi connectivity index (χ1n) is 7.32. The van der Waals surface area contributed by atoms with Gasteiger partial charge in [0.15, 0.2) is 0 Å². The van der Waals surface area contributed by atoms with Crippen LogP contribution in [0.3, 0.4) is 0 Å². The minimum Gasteiger partial charge on any atom is -0.491 e. The highest BCUT2D eigenvalue weighted by Gasteiger charge is 2.09. The molecule has 0 amide bonds. The van der Waals surface area contributed by atoms with Gasteiger partial charge in [0.05, 0.1) is 6.10 Å². The fourth-order valence-corrected chi connectivity index (χ4v) is 2.00. The minimum absolute atomic E-state index is 0.175. The van der Waals surface area contributed by atoms with Crippen LogP contribution in [0, 0.1) is 0 Å². The molecule has 0 saturated carbocycles. The van der Waals surface area contributed by atoms with Crippen molar-refractivity contribution in [3.8, 4) is 5.75 Å². The predicted octanol–water partition coefficient (Wildman–Crippen LogP) is 1.74. The third kappa shape index (κ3) is 6.89. The lowest BCUT2D eigenvalue weighted by Gasteiger charge is -2.18. The summed E-state index contributed by atoms with van der Waals surface area (Å²) < 4.78 is 5.54. The van der Waals surface area contributed by atoms with E-state index >= 15 is 0 Å². The SMILES string of the molecule is CCc1ccc(OCC(O)CNC(C)CC(C)O)cc1. The Hall–Kier alpha value is -1.10. The summed E-state index contributed by atoms with van der Waals surface area (Å²) in [6.45, 7) is 6.59. The zero-order valence-electron chi connectivity index (χ0n) is 12.7. The standard InChI is InChI=1S/C16H27NO3/c1-4-14-5-7-16(8-6-14)20-11-15(19)10-17-12(2)9-13(3)18/h5-8,12-13,15,17-19H,4,9-11H2,1-3H3. The third-order valence-electron chi connectivity index (χ3n) is 3.17. The van der Waals surface area contributed by atoms with Gasteiger partial charge in [-0.1, -0.05) is 19.1 Å². The zero-order chi connectivity index (χ0) is 15.0. The van der Waals surface area contributed by atoms with Crippen molar-refractivity contribution in [1.82, 2.24) is 5.32 Å². The van der Waals surface area contributed by atoms with Crippen LogP contribution >= 0.6 is 0 Å². The first-order chi connectivity index (χ1) is 9.51. The number of aryl methyl sites for hydroxylation is 1. The summed E-state index contributed by atoms with van der Waals surface area (Å²) in [5, 5.41) is 22.3. The van der Waals surface area contributed by atoms with Gasteiger partial charge in [-0.15, -0.1) is 0 Å². The van der Waals surface area contributed by atoms with E-state index in [0.717, 1.165) is 12.2 Å². The van der Waals surface area contributed by atoms with E-state index < -0.39 is 6.10 Å². The highest BCUT2D eigenvalue weighted by Crippen LogP contribution is 2.12. The van der Waals surface area contributed by atoms with Crippen LogP contribution in [0.15, 0.2) is 24.3 Å².